The van der Waals surface area contributed by atoms with Crippen LogP contribution in [0.3, 0.4) is 0 Å². The quantitative estimate of drug-likeness (QED) is 0.366. The molecule has 1 aliphatic heterocycles. The van der Waals surface area contributed by atoms with Crippen molar-refractivity contribution in [3.05, 3.63) is 74.1 Å². The minimum absolute atomic E-state index is 0.0701. The number of hydrogen-bond donors (Lipinski definition) is 0. The SMILES string of the molecule is CSCC(C)=NCc1ccc(C2=CSC(c3cc(Cl)cc(Cl)c3)(C(F)(F)F)C2)cc1C. The molecule has 0 fully saturated rings. The minimum Gasteiger partial charge on any atom is -0.289 e. The second kappa shape index (κ2) is 9.82. The van der Waals surface area contributed by atoms with E-state index in [1.165, 1.54) is 18.2 Å². The number of hydrogen-bond acceptors (Lipinski definition) is 3. The Labute approximate surface area is 199 Å². The first kappa shape index (κ1) is 24.6. The molecule has 0 saturated carbocycles. The van der Waals surface area contributed by atoms with Crippen molar-refractivity contribution in [2.45, 2.75) is 37.7 Å². The summed E-state index contributed by atoms with van der Waals surface area (Å²) in [4.78, 5) is 4.59. The van der Waals surface area contributed by atoms with Crippen LogP contribution in [0.5, 0.6) is 0 Å². The molecule has 0 aliphatic carbocycles. The van der Waals surface area contributed by atoms with Crippen molar-refractivity contribution in [1.82, 2.24) is 0 Å². The molecule has 31 heavy (non-hydrogen) atoms. The molecule has 8 heteroatoms. The molecule has 2 aromatic carbocycles. The van der Waals surface area contributed by atoms with Gasteiger partial charge in [0.15, 0.2) is 0 Å². The first-order valence-corrected chi connectivity index (χ1v) is 12.6. The molecule has 1 heterocycles. The lowest BCUT2D eigenvalue weighted by Gasteiger charge is -2.32. The molecule has 0 aromatic heterocycles. The van der Waals surface area contributed by atoms with Gasteiger partial charge in [-0.2, -0.15) is 24.9 Å². The van der Waals surface area contributed by atoms with E-state index in [1.54, 1.807) is 17.2 Å². The van der Waals surface area contributed by atoms with Crippen molar-refractivity contribution in [2.75, 3.05) is 12.0 Å². The van der Waals surface area contributed by atoms with Gasteiger partial charge in [0.25, 0.3) is 0 Å². The van der Waals surface area contributed by atoms with E-state index >= 15 is 0 Å². The van der Waals surface area contributed by atoms with Gasteiger partial charge in [0, 0.05) is 27.9 Å². The van der Waals surface area contributed by atoms with Crippen LogP contribution in [0, 0.1) is 6.92 Å². The Hall–Kier alpha value is -1.08. The van der Waals surface area contributed by atoms with E-state index in [1.807, 2.05) is 38.3 Å². The van der Waals surface area contributed by atoms with Gasteiger partial charge in [-0.15, -0.1) is 11.8 Å². The molecule has 1 atom stereocenters. The largest absolute Gasteiger partial charge is 0.407 e. The Morgan fingerprint density at radius 2 is 1.84 bits per heavy atom. The zero-order valence-corrected chi connectivity index (χ0v) is 20.5. The highest BCUT2D eigenvalue weighted by molar-refractivity contribution is 8.03. The van der Waals surface area contributed by atoms with Crippen LogP contribution >= 0.6 is 46.7 Å². The highest BCUT2D eigenvalue weighted by atomic mass is 35.5. The van der Waals surface area contributed by atoms with Crippen molar-refractivity contribution in [2.24, 2.45) is 4.99 Å². The van der Waals surface area contributed by atoms with Crippen molar-refractivity contribution >= 4 is 58.0 Å². The fraction of sp³-hybridized carbons (Fsp3) is 0.348. The van der Waals surface area contributed by atoms with Gasteiger partial charge < -0.3 is 0 Å². The fourth-order valence-corrected chi connectivity index (χ4v) is 5.75. The van der Waals surface area contributed by atoms with E-state index < -0.39 is 10.9 Å². The Bertz CT molecular complexity index is 1010. The second-order valence-electron chi connectivity index (χ2n) is 7.55. The number of allylic oxidation sites excluding steroid dienone is 1. The molecule has 0 saturated heterocycles. The summed E-state index contributed by atoms with van der Waals surface area (Å²) in [5.41, 5.74) is 4.66. The smallest absolute Gasteiger partial charge is 0.289 e. The van der Waals surface area contributed by atoms with Gasteiger partial charge in [0.2, 0.25) is 0 Å². The van der Waals surface area contributed by atoms with Crippen LogP contribution in [0.15, 0.2) is 46.8 Å². The summed E-state index contributed by atoms with van der Waals surface area (Å²) in [5.74, 6) is 0.883. The van der Waals surface area contributed by atoms with Crippen LogP contribution in [0.2, 0.25) is 10.0 Å². The van der Waals surface area contributed by atoms with Gasteiger partial charge in [0.05, 0.1) is 6.54 Å². The summed E-state index contributed by atoms with van der Waals surface area (Å²) in [6.45, 7) is 4.54. The summed E-state index contributed by atoms with van der Waals surface area (Å²) in [7, 11) is 0. The Kier molecular flexibility index (Phi) is 7.78. The summed E-state index contributed by atoms with van der Waals surface area (Å²) in [6.07, 6.45) is -2.62. The van der Waals surface area contributed by atoms with Crippen LogP contribution in [-0.2, 0) is 11.3 Å². The van der Waals surface area contributed by atoms with Crippen molar-refractivity contribution in [3.8, 4) is 0 Å². The van der Waals surface area contributed by atoms with E-state index in [0.717, 1.165) is 39.9 Å². The number of alkyl halides is 3. The van der Waals surface area contributed by atoms with Gasteiger partial charge in [0.1, 0.15) is 4.75 Å². The van der Waals surface area contributed by atoms with E-state index in [4.69, 9.17) is 23.2 Å². The molecule has 1 nitrogen and oxygen atoms in total. The Morgan fingerprint density at radius 1 is 1.16 bits per heavy atom. The molecule has 166 valence electrons. The van der Waals surface area contributed by atoms with Crippen LogP contribution in [0.1, 0.15) is 35.6 Å². The third-order valence-corrected chi connectivity index (χ3v) is 7.77. The topological polar surface area (TPSA) is 12.4 Å². The van der Waals surface area contributed by atoms with E-state index in [2.05, 4.69) is 4.99 Å². The van der Waals surface area contributed by atoms with Crippen molar-refractivity contribution in [3.63, 3.8) is 0 Å². The number of aryl methyl sites for hydroxylation is 1. The average molecular weight is 504 g/mol. The van der Waals surface area contributed by atoms with Crippen LogP contribution in [-0.4, -0.2) is 23.9 Å². The van der Waals surface area contributed by atoms with Crippen molar-refractivity contribution < 1.29 is 13.2 Å². The fourth-order valence-electron chi connectivity index (χ4n) is 3.53. The standard InChI is InChI=1S/C23H22Cl2F3NS2/c1-14-6-16(4-5-17(14)11-29-15(2)12-30-3)18-10-22(31-13-18,23(26,27)28)19-7-20(24)9-21(25)8-19/h4-9,13H,10-12H2,1-3H3. The maximum Gasteiger partial charge on any atom is 0.407 e. The molecule has 0 radical (unpaired) electrons. The van der Waals surface area contributed by atoms with Crippen LogP contribution < -0.4 is 0 Å². The average Bonchev–Trinajstić information content (AvgIpc) is 3.13. The highest BCUT2D eigenvalue weighted by Crippen LogP contribution is 2.60. The number of halogens is 5. The van der Waals surface area contributed by atoms with Crippen LogP contribution in [0.4, 0.5) is 13.2 Å². The molecule has 0 spiro atoms. The van der Waals surface area contributed by atoms with Gasteiger partial charge >= 0.3 is 6.18 Å². The summed E-state index contributed by atoms with van der Waals surface area (Å²) >= 11 is 14.5. The van der Waals surface area contributed by atoms with Gasteiger partial charge in [-0.3, -0.25) is 4.99 Å². The van der Waals surface area contributed by atoms with Gasteiger partial charge in [-0.05, 0) is 71.5 Å². The molecule has 0 bridgehead atoms. The lowest BCUT2D eigenvalue weighted by molar-refractivity contribution is -0.160. The molecular formula is C23H22Cl2F3NS2. The summed E-state index contributed by atoms with van der Waals surface area (Å²) < 4.78 is 40.7. The first-order valence-electron chi connectivity index (χ1n) is 9.54. The Balaban J connectivity index is 1.88. The molecule has 2 aromatic rings. The number of aliphatic imine (C=N–C) groups is 1. The molecule has 1 unspecified atom stereocenters. The predicted molar refractivity (Wildman–Crippen MR) is 131 cm³/mol. The lowest BCUT2D eigenvalue weighted by atomic mass is 9.88. The molecule has 0 N–H and O–H groups in total. The number of nitrogens with zero attached hydrogens (tertiary/aromatic N) is 1. The van der Waals surface area contributed by atoms with Gasteiger partial charge in [-0.25, -0.2) is 0 Å². The predicted octanol–water partition coefficient (Wildman–Crippen LogP) is 8.56. The second-order valence-corrected chi connectivity index (χ2v) is 10.5. The maximum atomic E-state index is 14.3. The van der Waals surface area contributed by atoms with Gasteiger partial charge in [-0.1, -0.05) is 41.4 Å². The summed E-state index contributed by atoms with van der Waals surface area (Å²) in [6, 6.07) is 9.93. The lowest BCUT2D eigenvalue weighted by Crippen LogP contribution is -2.37. The number of benzene rings is 2. The number of rotatable bonds is 6. The first-order chi connectivity index (χ1) is 14.6. The maximum absolute atomic E-state index is 14.3. The third kappa shape index (κ3) is 5.47. The number of thioether (sulfide) groups is 2. The molecule has 0 amide bonds. The molecule has 1 aliphatic rings. The molecule has 3 rings (SSSR count). The summed E-state index contributed by atoms with van der Waals surface area (Å²) in [5, 5.41) is 1.99. The monoisotopic (exact) mass is 503 g/mol. The normalized spacial score (nSPS) is 19.6. The third-order valence-electron chi connectivity index (χ3n) is 5.21. The van der Waals surface area contributed by atoms with Crippen LogP contribution in [0.25, 0.3) is 5.57 Å². The molecular weight excluding hydrogens is 482 g/mol. The van der Waals surface area contributed by atoms with E-state index in [-0.39, 0.29) is 22.0 Å². The van der Waals surface area contributed by atoms with E-state index in [9.17, 15) is 13.2 Å². The Morgan fingerprint density at radius 3 is 2.42 bits per heavy atom. The minimum atomic E-state index is -4.47. The van der Waals surface area contributed by atoms with Crippen molar-refractivity contribution in [1.29, 1.82) is 0 Å². The zero-order valence-electron chi connectivity index (χ0n) is 17.3. The van der Waals surface area contributed by atoms with E-state index in [0.29, 0.717) is 12.1 Å². The highest BCUT2D eigenvalue weighted by Gasteiger charge is 2.58. The zero-order chi connectivity index (χ0) is 22.8.